The minimum Gasteiger partial charge on any atom is -0.506 e. The predicted octanol–water partition coefficient (Wildman–Crippen LogP) is 5.84. The number of aromatic nitrogens is 6. The lowest BCUT2D eigenvalue weighted by atomic mass is 9.92. The average Bonchev–Trinajstić information content (AvgIpc) is 3.77. The molecule has 1 fully saturated rings. The van der Waals surface area contributed by atoms with Crippen LogP contribution in [0, 0.1) is 18.6 Å². The number of halogens is 6. The number of nitrogens with zero attached hydrogens (tertiary/aromatic N) is 6. The predicted molar refractivity (Wildman–Crippen MR) is 145 cm³/mol. The summed E-state index contributed by atoms with van der Waals surface area (Å²) >= 11 is 7.17. The first-order chi connectivity index (χ1) is 20.9. The summed E-state index contributed by atoms with van der Waals surface area (Å²) in [6.07, 6.45) is -6.51. The third-order valence-electron chi connectivity index (χ3n) is 7.44. The van der Waals surface area contributed by atoms with Crippen molar-refractivity contribution in [3.8, 4) is 16.8 Å². The Hall–Kier alpha value is -4.12. The van der Waals surface area contributed by atoms with Crippen molar-refractivity contribution in [2.45, 2.75) is 43.6 Å². The molecule has 5 aromatic rings. The topological polar surface area (TPSA) is 120 Å². The number of fused-ring (bicyclic) bond motifs is 2. The Balaban J connectivity index is 1.32. The molecule has 7 rings (SSSR count). The Morgan fingerprint density at radius 2 is 1.91 bits per heavy atom. The number of aliphatic hydroxyl groups is 2. The lowest BCUT2D eigenvalue weighted by Crippen LogP contribution is -2.51. The Labute approximate surface area is 252 Å². The van der Waals surface area contributed by atoms with Gasteiger partial charge in [-0.05, 0) is 31.2 Å². The molecule has 0 amide bonds. The fourth-order valence-corrected chi connectivity index (χ4v) is 6.37. The number of rotatable bonds is 4. The van der Waals surface area contributed by atoms with Gasteiger partial charge in [0.15, 0.2) is 35.4 Å². The summed E-state index contributed by atoms with van der Waals surface area (Å²) < 4.78 is 85.8. The number of hydrogen-bond donors (Lipinski definition) is 2. The van der Waals surface area contributed by atoms with Crippen molar-refractivity contribution < 1.29 is 41.6 Å². The molecule has 2 N–H and O–H groups in total. The number of alkyl halides is 3. The average molecular weight is 653 g/mol. The summed E-state index contributed by atoms with van der Waals surface area (Å²) in [4.78, 5) is 8.11. The zero-order chi connectivity index (χ0) is 31.1. The maximum atomic E-state index is 15.0. The SMILES string of the molecule is Cc1nc([C@@H]2OC3C(O)=CO[C@@H]3C(n3cc(-c4cc5scnc5c(F)c4F)cn3)C2O)n(-c2cc(Cl)ccc2C(F)(F)F)n1. The standard InChI is InChI=1S/C27H18ClF5N6O4S/c1-10-36-26(39(37-10)15-4-12(28)2-3-14(15)27(31,32)33)25-22(41)21(24-23(43-25)16(40)8-42-24)38-7-11(6-35-38)13-5-17-20(34-9-44-17)19(30)18(13)29/h2-9,21-25,40-41H,1H3/t21?,22?,23?,24-,25-/m1/s1. The Kier molecular flexibility index (Phi) is 6.65. The maximum Gasteiger partial charge on any atom is 0.418 e. The lowest BCUT2D eigenvalue weighted by molar-refractivity contribution is -0.186. The minimum absolute atomic E-state index is 0.0100. The van der Waals surface area contributed by atoms with E-state index in [2.05, 4.69) is 20.2 Å². The van der Waals surface area contributed by atoms with Crippen LogP contribution in [0.2, 0.25) is 5.02 Å². The van der Waals surface area contributed by atoms with Crippen molar-refractivity contribution >= 4 is 33.2 Å². The fourth-order valence-electron chi connectivity index (χ4n) is 5.50. The van der Waals surface area contributed by atoms with Crippen LogP contribution in [0.1, 0.15) is 29.4 Å². The van der Waals surface area contributed by atoms with Crippen molar-refractivity contribution in [3.05, 3.63) is 88.1 Å². The second kappa shape index (κ2) is 10.2. The molecule has 2 aromatic carbocycles. The zero-order valence-electron chi connectivity index (χ0n) is 22.1. The van der Waals surface area contributed by atoms with Gasteiger partial charge in [-0.1, -0.05) is 11.6 Å². The quantitative estimate of drug-likeness (QED) is 0.233. The van der Waals surface area contributed by atoms with Crippen molar-refractivity contribution in [3.63, 3.8) is 0 Å². The van der Waals surface area contributed by atoms with Crippen molar-refractivity contribution in [2.75, 3.05) is 0 Å². The lowest BCUT2D eigenvalue weighted by Gasteiger charge is -2.41. The first-order valence-electron chi connectivity index (χ1n) is 12.9. The van der Waals surface area contributed by atoms with E-state index in [1.165, 1.54) is 35.6 Å². The largest absolute Gasteiger partial charge is 0.506 e. The van der Waals surface area contributed by atoms with Crippen LogP contribution in [0.5, 0.6) is 0 Å². The van der Waals surface area contributed by atoms with Crippen LogP contribution in [0.3, 0.4) is 0 Å². The number of benzene rings is 2. The van der Waals surface area contributed by atoms with E-state index in [0.29, 0.717) is 4.70 Å². The molecule has 1 saturated heterocycles. The summed E-state index contributed by atoms with van der Waals surface area (Å²) in [5, 5.41) is 30.6. The summed E-state index contributed by atoms with van der Waals surface area (Å²) in [5.41, 5.74) is -0.200. The van der Waals surface area contributed by atoms with Crippen LogP contribution in [-0.2, 0) is 15.7 Å². The third kappa shape index (κ3) is 4.51. The highest BCUT2D eigenvalue weighted by molar-refractivity contribution is 7.16. The van der Waals surface area contributed by atoms with Gasteiger partial charge in [0, 0.05) is 22.3 Å². The van der Waals surface area contributed by atoms with Gasteiger partial charge < -0.3 is 19.7 Å². The van der Waals surface area contributed by atoms with Crippen LogP contribution in [0.15, 0.2) is 54.2 Å². The van der Waals surface area contributed by atoms with Gasteiger partial charge in [-0.15, -0.1) is 11.3 Å². The molecule has 2 aliphatic rings. The number of thiazole rings is 1. The normalized spacial score (nSPS) is 23.5. The van der Waals surface area contributed by atoms with E-state index in [0.717, 1.165) is 40.5 Å². The molecule has 0 radical (unpaired) electrons. The van der Waals surface area contributed by atoms with Gasteiger partial charge >= 0.3 is 6.18 Å². The monoisotopic (exact) mass is 652 g/mol. The molecule has 5 atom stereocenters. The van der Waals surface area contributed by atoms with Gasteiger partial charge in [0.05, 0.1) is 27.7 Å². The number of aryl methyl sites for hydroxylation is 1. The molecule has 3 aromatic heterocycles. The van der Waals surface area contributed by atoms with Crippen LogP contribution >= 0.6 is 22.9 Å². The molecule has 0 aliphatic carbocycles. The molecule has 0 spiro atoms. The van der Waals surface area contributed by atoms with Crippen LogP contribution in [0.4, 0.5) is 22.0 Å². The fraction of sp³-hybridized carbons (Fsp3) is 0.259. The Bertz CT molecular complexity index is 1960. The third-order valence-corrected chi connectivity index (χ3v) is 8.45. The molecule has 3 unspecified atom stereocenters. The molecule has 44 heavy (non-hydrogen) atoms. The molecule has 228 valence electrons. The molecule has 10 nitrogen and oxygen atoms in total. The molecule has 5 heterocycles. The molecule has 2 aliphatic heterocycles. The number of aliphatic hydroxyl groups excluding tert-OH is 2. The Morgan fingerprint density at radius 3 is 2.68 bits per heavy atom. The van der Waals surface area contributed by atoms with Gasteiger partial charge in [-0.3, -0.25) is 4.68 Å². The van der Waals surface area contributed by atoms with Gasteiger partial charge in [-0.25, -0.2) is 23.4 Å². The molecule has 0 saturated carbocycles. The Morgan fingerprint density at radius 1 is 1.11 bits per heavy atom. The summed E-state index contributed by atoms with van der Waals surface area (Å²) in [5.74, 6) is -2.79. The molecule has 0 bridgehead atoms. The molecule has 17 heteroatoms. The van der Waals surface area contributed by atoms with Gasteiger partial charge in [0.2, 0.25) is 0 Å². The summed E-state index contributed by atoms with van der Waals surface area (Å²) in [7, 11) is 0. The number of hydrogen-bond acceptors (Lipinski definition) is 9. The van der Waals surface area contributed by atoms with E-state index >= 15 is 4.39 Å². The molecular weight excluding hydrogens is 635 g/mol. The highest BCUT2D eigenvalue weighted by Crippen LogP contribution is 2.45. The van der Waals surface area contributed by atoms with Crippen LogP contribution < -0.4 is 0 Å². The van der Waals surface area contributed by atoms with E-state index in [1.54, 1.807) is 0 Å². The van der Waals surface area contributed by atoms with Gasteiger partial charge in [-0.2, -0.15) is 23.4 Å². The molecular formula is C27H18ClF5N6O4S. The van der Waals surface area contributed by atoms with E-state index in [-0.39, 0.29) is 39.1 Å². The van der Waals surface area contributed by atoms with Crippen LogP contribution in [-0.4, -0.2) is 58.1 Å². The van der Waals surface area contributed by atoms with Crippen LogP contribution in [0.25, 0.3) is 27.0 Å². The zero-order valence-corrected chi connectivity index (χ0v) is 23.6. The van der Waals surface area contributed by atoms with E-state index in [9.17, 15) is 27.8 Å². The first kappa shape index (κ1) is 28.6. The maximum absolute atomic E-state index is 15.0. The van der Waals surface area contributed by atoms with E-state index in [1.807, 2.05) is 0 Å². The first-order valence-corrected chi connectivity index (χ1v) is 14.1. The summed E-state index contributed by atoms with van der Waals surface area (Å²) in [6.45, 7) is 1.44. The highest BCUT2D eigenvalue weighted by Gasteiger charge is 2.53. The minimum atomic E-state index is -4.79. The highest BCUT2D eigenvalue weighted by atomic mass is 35.5. The van der Waals surface area contributed by atoms with E-state index < -0.39 is 59.5 Å². The van der Waals surface area contributed by atoms with E-state index in [4.69, 9.17) is 21.1 Å². The van der Waals surface area contributed by atoms with Crippen molar-refractivity contribution in [1.29, 1.82) is 0 Å². The second-order valence-electron chi connectivity index (χ2n) is 10.2. The second-order valence-corrected chi connectivity index (χ2v) is 11.5. The smallest absolute Gasteiger partial charge is 0.418 e. The number of ether oxygens (including phenoxy) is 2. The van der Waals surface area contributed by atoms with Gasteiger partial charge in [0.25, 0.3) is 0 Å². The van der Waals surface area contributed by atoms with Crippen molar-refractivity contribution in [2.24, 2.45) is 0 Å². The van der Waals surface area contributed by atoms with Gasteiger partial charge in [0.1, 0.15) is 35.9 Å². The summed E-state index contributed by atoms with van der Waals surface area (Å²) in [6, 6.07) is 3.21. The van der Waals surface area contributed by atoms with Crippen molar-refractivity contribution in [1.82, 2.24) is 29.5 Å².